The molecule has 0 aromatic heterocycles. The van der Waals surface area contributed by atoms with E-state index in [1.807, 2.05) is 36.4 Å². The zero-order chi connectivity index (χ0) is 29.4. The Bertz CT molecular complexity index is 1150. The van der Waals surface area contributed by atoms with Crippen LogP contribution in [0, 0.1) is 0 Å². The average Bonchev–Trinajstić information content (AvgIpc) is 2.91. The number of aliphatic hydroxyl groups is 1. The van der Waals surface area contributed by atoms with Crippen LogP contribution in [0.25, 0.3) is 0 Å². The van der Waals surface area contributed by atoms with Gasteiger partial charge in [-0.1, -0.05) is 81.4 Å². The molecule has 0 bridgehead atoms. The number of alkyl carbamates (subject to hydrolysis) is 1. The van der Waals surface area contributed by atoms with E-state index in [4.69, 9.17) is 18.6 Å². The fourth-order valence-electron chi connectivity index (χ4n) is 4.65. The Morgan fingerprint density at radius 1 is 0.800 bits per heavy atom. The molecule has 0 saturated carbocycles. The van der Waals surface area contributed by atoms with E-state index in [9.17, 15) is 9.90 Å². The molecule has 3 rings (SSSR count). The molecule has 0 fully saturated rings. The van der Waals surface area contributed by atoms with Gasteiger partial charge in [0.2, 0.25) is 0 Å². The van der Waals surface area contributed by atoms with Gasteiger partial charge in [-0.25, -0.2) is 4.79 Å². The maximum Gasteiger partial charge on any atom is 0.408 e. The van der Waals surface area contributed by atoms with E-state index in [0.29, 0.717) is 11.5 Å². The summed E-state index contributed by atoms with van der Waals surface area (Å²) < 4.78 is 23.5. The number of nitrogens with one attached hydrogen (secondary N) is 1. The first-order valence-corrected chi connectivity index (χ1v) is 15.5. The van der Waals surface area contributed by atoms with E-state index in [1.54, 1.807) is 52.1 Å². The van der Waals surface area contributed by atoms with E-state index in [1.165, 1.54) is 0 Å². The molecule has 3 aromatic rings. The van der Waals surface area contributed by atoms with Crippen molar-refractivity contribution in [2.24, 2.45) is 0 Å². The topological polar surface area (TPSA) is 86.3 Å². The molecule has 0 unspecified atom stereocenters. The van der Waals surface area contributed by atoms with Gasteiger partial charge in [0.25, 0.3) is 8.32 Å². The lowest BCUT2D eigenvalue weighted by Crippen LogP contribution is -2.67. The van der Waals surface area contributed by atoms with Gasteiger partial charge < -0.3 is 29.1 Å². The number of aliphatic hydroxyl groups excluding tert-OH is 1. The molecule has 0 aliphatic heterocycles. The van der Waals surface area contributed by atoms with Gasteiger partial charge in [-0.15, -0.1) is 0 Å². The number of hydrogen-bond donors (Lipinski definition) is 2. The number of rotatable bonds is 11. The number of amides is 1. The molecule has 8 heteroatoms. The lowest BCUT2D eigenvalue weighted by molar-refractivity contribution is 0.0254. The molecule has 2 atom stereocenters. The molecule has 0 heterocycles. The van der Waals surface area contributed by atoms with E-state index in [2.05, 4.69) is 50.4 Å². The second-order valence-electron chi connectivity index (χ2n) is 11.8. The summed E-state index contributed by atoms with van der Waals surface area (Å²) in [6.07, 6.45) is -1.72. The third-order valence-electron chi connectivity index (χ3n) is 6.54. The van der Waals surface area contributed by atoms with Gasteiger partial charge in [0.1, 0.15) is 23.7 Å². The number of ether oxygens (including phenoxy) is 3. The van der Waals surface area contributed by atoms with Crippen LogP contribution in [0.2, 0.25) is 5.04 Å². The van der Waals surface area contributed by atoms with Crippen molar-refractivity contribution in [1.82, 2.24) is 5.32 Å². The quantitative estimate of drug-likeness (QED) is 0.322. The van der Waals surface area contributed by atoms with Crippen molar-refractivity contribution in [3.05, 3.63) is 84.9 Å². The van der Waals surface area contributed by atoms with Gasteiger partial charge in [0, 0.05) is 0 Å². The van der Waals surface area contributed by atoms with Crippen molar-refractivity contribution < 1.29 is 28.5 Å². The molecule has 40 heavy (non-hydrogen) atoms. The summed E-state index contributed by atoms with van der Waals surface area (Å²) >= 11 is 0. The molecule has 3 aromatic carbocycles. The SMILES string of the molecule is COc1ccc(OC[C@@H](NC(=O)OC(C)(C)C)[C@H](O)CO[Si](c2ccccc2)(c2ccccc2)C(C)(C)C)cc1. The third-order valence-corrected chi connectivity index (χ3v) is 11.5. The molecule has 7 nitrogen and oxygen atoms in total. The highest BCUT2D eigenvalue weighted by atomic mass is 28.4. The first-order valence-electron chi connectivity index (χ1n) is 13.5. The zero-order valence-corrected chi connectivity index (χ0v) is 25.6. The Labute approximate surface area is 239 Å². The van der Waals surface area contributed by atoms with Gasteiger partial charge in [0.05, 0.1) is 25.9 Å². The highest BCUT2D eigenvalue weighted by molar-refractivity contribution is 6.99. The highest BCUT2D eigenvalue weighted by Gasteiger charge is 2.50. The van der Waals surface area contributed by atoms with Crippen LogP contribution in [-0.2, 0) is 9.16 Å². The molecule has 0 radical (unpaired) electrons. The third kappa shape index (κ3) is 8.10. The monoisotopic (exact) mass is 565 g/mol. The Hall–Kier alpha value is -3.33. The molecule has 0 spiro atoms. The summed E-state index contributed by atoms with van der Waals surface area (Å²) in [5.41, 5.74) is -0.693. The van der Waals surface area contributed by atoms with E-state index in [0.717, 1.165) is 10.4 Å². The Morgan fingerprint density at radius 3 is 1.75 bits per heavy atom. The second-order valence-corrected chi connectivity index (χ2v) is 16.1. The van der Waals surface area contributed by atoms with E-state index in [-0.39, 0.29) is 18.3 Å². The first-order chi connectivity index (χ1) is 18.9. The van der Waals surface area contributed by atoms with Crippen molar-refractivity contribution in [1.29, 1.82) is 0 Å². The summed E-state index contributed by atoms with van der Waals surface area (Å²) in [7, 11) is -1.30. The van der Waals surface area contributed by atoms with Gasteiger partial charge >= 0.3 is 6.09 Å². The van der Waals surface area contributed by atoms with Crippen LogP contribution in [0.15, 0.2) is 84.9 Å². The predicted octanol–water partition coefficient (Wildman–Crippen LogP) is 4.90. The van der Waals surface area contributed by atoms with Crippen molar-refractivity contribution in [2.75, 3.05) is 20.3 Å². The summed E-state index contributed by atoms with van der Waals surface area (Å²) in [6, 6.07) is 26.7. The van der Waals surface area contributed by atoms with Crippen LogP contribution in [-0.4, -0.2) is 57.6 Å². The van der Waals surface area contributed by atoms with Gasteiger partial charge in [-0.05, 0) is 60.4 Å². The molecule has 1 amide bonds. The van der Waals surface area contributed by atoms with Crippen molar-refractivity contribution in [3.63, 3.8) is 0 Å². The minimum absolute atomic E-state index is 0.0108. The van der Waals surface area contributed by atoms with Crippen LogP contribution in [0.5, 0.6) is 11.5 Å². The number of methoxy groups -OCH3 is 1. The summed E-state index contributed by atoms with van der Waals surface area (Å²) in [4.78, 5) is 12.7. The Kier molecular flexibility index (Phi) is 10.4. The van der Waals surface area contributed by atoms with E-state index >= 15 is 0 Å². The maximum atomic E-state index is 12.7. The van der Waals surface area contributed by atoms with Crippen molar-refractivity contribution >= 4 is 24.8 Å². The average molecular weight is 566 g/mol. The number of benzene rings is 3. The second kappa shape index (κ2) is 13.3. The van der Waals surface area contributed by atoms with Crippen LogP contribution in [0.4, 0.5) is 4.79 Å². The smallest absolute Gasteiger partial charge is 0.408 e. The predicted molar refractivity (Wildman–Crippen MR) is 161 cm³/mol. The van der Waals surface area contributed by atoms with Crippen LogP contribution < -0.4 is 25.2 Å². The number of hydrogen-bond acceptors (Lipinski definition) is 6. The fourth-order valence-corrected chi connectivity index (χ4v) is 9.23. The summed E-state index contributed by atoms with van der Waals surface area (Å²) in [6.45, 7) is 11.9. The molecule has 0 saturated heterocycles. The molecule has 216 valence electrons. The zero-order valence-electron chi connectivity index (χ0n) is 24.6. The first kappa shape index (κ1) is 31.2. The van der Waals surface area contributed by atoms with Crippen molar-refractivity contribution in [3.8, 4) is 11.5 Å². The van der Waals surface area contributed by atoms with Crippen LogP contribution in [0.1, 0.15) is 41.5 Å². The van der Waals surface area contributed by atoms with Gasteiger partial charge in [-0.3, -0.25) is 0 Å². The summed E-state index contributed by atoms with van der Waals surface area (Å²) in [5, 5.41) is 16.2. The normalized spacial score (nSPS) is 13.7. The molecule has 0 aliphatic carbocycles. The van der Waals surface area contributed by atoms with Crippen LogP contribution in [0.3, 0.4) is 0 Å². The highest BCUT2D eigenvalue weighted by Crippen LogP contribution is 2.37. The fraction of sp³-hybridized carbons (Fsp3) is 0.406. The lowest BCUT2D eigenvalue weighted by atomic mass is 10.2. The van der Waals surface area contributed by atoms with Crippen molar-refractivity contribution in [2.45, 2.75) is 64.3 Å². The van der Waals surface area contributed by atoms with Crippen LogP contribution >= 0.6 is 0 Å². The minimum atomic E-state index is -2.89. The van der Waals surface area contributed by atoms with Gasteiger partial charge in [0.15, 0.2) is 0 Å². The minimum Gasteiger partial charge on any atom is -0.497 e. The van der Waals surface area contributed by atoms with Gasteiger partial charge in [-0.2, -0.15) is 0 Å². The maximum absolute atomic E-state index is 12.7. The van der Waals surface area contributed by atoms with E-state index < -0.39 is 32.2 Å². The largest absolute Gasteiger partial charge is 0.497 e. The Morgan fingerprint density at radius 2 is 1.30 bits per heavy atom. The lowest BCUT2D eigenvalue weighted by Gasteiger charge is -2.43. The standard InChI is InChI=1S/C32H43NO6Si/c1-31(2,3)39-30(35)33-28(22-37-25-20-18-24(36-7)19-21-25)29(34)23-38-40(32(4,5)6,26-14-10-8-11-15-26)27-16-12-9-13-17-27/h8-21,28-29,34H,22-23H2,1-7H3,(H,33,35)/t28-,29-/m1/s1. The summed E-state index contributed by atoms with van der Waals surface area (Å²) in [5.74, 6) is 1.28. The number of carbonyl (C=O) groups is 1. The Balaban J connectivity index is 1.89. The molecule has 0 aliphatic rings. The number of carbonyl (C=O) groups excluding carboxylic acids is 1. The molecule has 2 N–H and O–H groups in total. The molecular weight excluding hydrogens is 522 g/mol. The molecular formula is C32H43NO6Si.